The summed E-state index contributed by atoms with van der Waals surface area (Å²) >= 11 is 6.41. The zero-order chi connectivity index (χ0) is 18.3. The summed E-state index contributed by atoms with van der Waals surface area (Å²) < 4.78 is 18.4. The number of benzene rings is 1. The number of rotatable bonds is 4. The van der Waals surface area contributed by atoms with E-state index in [0.717, 1.165) is 21.9 Å². The van der Waals surface area contributed by atoms with E-state index in [-0.39, 0.29) is 12.3 Å². The number of anilines is 1. The summed E-state index contributed by atoms with van der Waals surface area (Å²) in [5.74, 6) is 0.135. The summed E-state index contributed by atoms with van der Waals surface area (Å²) in [6.45, 7) is 0. The molecule has 0 radical (unpaired) electrons. The van der Waals surface area contributed by atoms with Crippen LogP contribution in [0.2, 0.25) is 5.02 Å². The largest absolute Gasteiger partial charge is 0.496 e. The molecular weight excluding hydrogens is 357 g/mol. The van der Waals surface area contributed by atoms with Gasteiger partial charge < -0.3 is 10.1 Å². The molecule has 7 heteroatoms. The van der Waals surface area contributed by atoms with Crippen molar-refractivity contribution in [1.82, 2.24) is 9.97 Å². The Hall–Kier alpha value is -2.73. The van der Waals surface area contributed by atoms with Gasteiger partial charge >= 0.3 is 0 Å². The van der Waals surface area contributed by atoms with Crippen molar-refractivity contribution in [2.24, 2.45) is 5.92 Å². The van der Waals surface area contributed by atoms with Gasteiger partial charge in [-0.3, -0.25) is 9.78 Å². The van der Waals surface area contributed by atoms with Gasteiger partial charge in [-0.15, -0.1) is 0 Å². The maximum atomic E-state index is 13.0. The number of nitrogens with zero attached hydrogens (tertiary/aromatic N) is 2. The lowest BCUT2D eigenvalue weighted by atomic mass is 10.0. The second-order valence-electron chi connectivity index (χ2n) is 6.17. The van der Waals surface area contributed by atoms with Gasteiger partial charge in [0.25, 0.3) is 0 Å². The maximum Gasteiger partial charge on any atom is 0.231 e. The normalized spacial score (nSPS) is 18.6. The minimum Gasteiger partial charge on any atom is -0.496 e. The van der Waals surface area contributed by atoms with Crippen molar-refractivity contribution in [3.8, 4) is 16.9 Å². The number of aromatic nitrogens is 2. The highest BCUT2D eigenvalue weighted by Gasteiger charge is 2.43. The van der Waals surface area contributed by atoms with E-state index in [1.807, 2.05) is 12.1 Å². The van der Waals surface area contributed by atoms with Gasteiger partial charge in [0.15, 0.2) is 0 Å². The van der Waals surface area contributed by atoms with E-state index in [9.17, 15) is 9.18 Å². The third kappa shape index (κ3) is 3.08. The van der Waals surface area contributed by atoms with Crippen LogP contribution in [-0.4, -0.2) is 29.2 Å². The van der Waals surface area contributed by atoms with Crippen LogP contribution in [-0.2, 0) is 4.79 Å². The lowest BCUT2D eigenvalue weighted by Gasteiger charge is -2.11. The first-order valence-corrected chi connectivity index (χ1v) is 8.47. The van der Waals surface area contributed by atoms with Gasteiger partial charge in [0.1, 0.15) is 17.7 Å². The van der Waals surface area contributed by atoms with Crippen molar-refractivity contribution in [2.45, 2.75) is 12.6 Å². The summed E-state index contributed by atoms with van der Waals surface area (Å²) in [6, 6.07) is 7.24. The van der Waals surface area contributed by atoms with Crippen molar-refractivity contribution in [3.05, 3.63) is 47.9 Å². The number of hydrogen-bond donors (Lipinski definition) is 1. The molecule has 1 aliphatic rings. The number of alkyl halides is 1. The van der Waals surface area contributed by atoms with E-state index >= 15 is 0 Å². The van der Waals surface area contributed by atoms with Crippen molar-refractivity contribution < 1.29 is 13.9 Å². The number of fused-ring (bicyclic) bond motifs is 1. The van der Waals surface area contributed by atoms with E-state index in [1.54, 1.807) is 37.8 Å². The van der Waals surface area contributed by atoms with Gasteiger partial charge in [-0.25, -0.2) is 9.37 Å². The Morgan fingerprint density at radius 1 is 1.35 bits per heavy atom. The molecule has 0 bridgehead atoms. The van der Waals surface area contributed by atoms with Gasteiger partial charge in [0.05, 0.1) is 18.1 Å². The first-order valence-electron chi connectivity index (χ1n) is 8.09. The monoisotopic (exact) mass is 371 g/mol. The summed E-state index contributed by atoms with van der Waals surface area (Å²) in [4.78, 5) is 20.3. The van der Waals surface area contributed by atoms with E-state index in [4.69, 9.17) is 16.3 Å². The van der Waals surface area contributed by atoms with E-state index in [1.165, 1.54) is 0 Å². The molecular formula is C19H15ClFN3O2. The van der Waals surface area contributed by atoms with Gasteiger partial charge in [0.2, 0.25) is 5.91 Å². The molecule has 1 saturated carbocycles. The van der Waals surface area contributed by atoms with Crippen molar-refractivity contribution in [2.75, 3.05) is 12.4 Å². The lowest BCUT2D eigenvalue weighted by Crippen LogP contribution is -2.15. The second-order valence-corrected chi connectivity index (χ2v) is 6.58. The molecule has 1 amide bonds. The molecule has 2 aromatic heterocycles. The Bertz CT molecular complexity index is 1010. The predicted octanol–water partition coefficient (Wildman–Crippen LogP) is 4.26. The Morgan fingerprint density at radius 2 is 2.15 bits per heavy atom. The summed E-state index contributed by atoms with van der Waals surface area (Å²) in [5.41, 5.74) is 1.64. The van der Waals surface area contributed by atoms with Crippen LogP contribution >= 0.6 is 11.6 Å². The number of ether oxygens (including phenoxy) is 1. The Labute approximate surface area is 154 Å². The Morgan fingerprint density at radius 3 is 2.88 bits per heavy atom. The average molecular weight is 372 g/mol. The lowest BCUT2D eigenvalue weighted by molar-refractivity contribution is -0.117. The SMILES string of the molecule is COc1ccncc1-c1cc(Cl)c2cnc(NC(=O)C3CC3F)cc2c1. The number of carbonyl (C=O) groups is 1. The molecule has 0 saturated heterocycles. The number of hydrogen-bond acceptors (Lipinski definition) is 4. The zero-order valence-electron chi connectivity index (χ0n) is 13.9. The van der Waals surface area contributed by atoms with Crippen molar-refractivity contribution >= 4 is 34.1 Å². The van der Waals surface area contributed by atoms with Crippen LogP contribution in [0.25, 0.3) is 21.9 Å². The minimum atomic E-state index is -1.05. The smallest absolute Gasteiger partial charge is 0.231 e. The third-order valence-corrected chi connectivity index (χ3v) is 4.71. The average Bonchev–Trinajstić information content (AvgIpc) is 3.38. The standard InChI is InChI=1S/C19H15ClFN3O2/c1-26-17-2-3-22-8-14(17)10-4-11-6-18(23-9-13(11)15(20)5-10)24-19(25)12-7-16(12)21/h2-6,8-9,12,16H,7H2,1H3,(H,23,24,25). The highest BCUT2D eigenvalue weighted by molar-refractivity contribution is 6.36. The predicted molar refractivity (Wildman–Crippen MR) is 98.2 cm³/mol. The van der Waals surface area contributed by atoms with E-state index < -0.39 is 12.1 Å². The van der Waals surface area contributed by atoms with Crippen LogP contribution in [0.5, 0.6) is 5.75 Å². The molecule has 1 N–H and O–H groups in total. The molecule has 2 heterocycles. The highest BCUT2D eigenvalue weighted by Crippen LogP contribution is 2.36. The van der Waals surface area contributed by atoms with Crippen LogP contribution in [0.1, 0.15) is 6.42 Å². The van der Waals surface area contributed by atoms with Crippen molar-refractivity contribution in [1.29, 1.82) is 0 Å². The molecule has 26 heavy (non-hydrogen) atoms. The molecule has 0 aliphatic heterocycles. The molecule has 0 spiro atoms. The van der Waals surface area contributed by atoms with Crippen LogP contribution in [0, 0.1) is 5.92 Å². The fraction of sp³-hybridized carbons (Fsp3) is 0.211. The number of amides is 1. The first kappa shape index (κ1) is 16.7. The molecule has 5 nitrogen and oxygen atoms in total. The van der Waals surface area contributed by atoms with E-state index in [2.05, 4.69) is 15.3 Å². The van der Waals surface area contributed by atoms with Gasteiger partial charge in [0, 0.05) is 29.5 Å². The molecule has 132 valence electrons. The Balaban J connectivity index is 1.73. The van der Waals surface area contributed by atoms with Crippen LogP contribution < -0.4 is 10.1 Å². The van der Waals surface area contributed by atoms with Gasteiger partial charge in [-0.2, -0.15) is 0 Å². The summed E-state index contributed by atoms with van der Waals surface area (Å²) in [5, 5.41) is 4.74. The molecule has 2 unspecified atom stereocenters. The molecule has 1 fully saturated rings. The second kappa shape index (κ2) is 6.53. The van der Waals surface area contributed by atoms with Gasteiger partial charge in [-0.1, -0.05) is 11.6 Å². The van der Waals surface area contributed by atoms with Gasteiger partial charge in [-0.05, 0) is 41.6 Å². The van der Waals surface area contributed by atoms with Crippen molar-refractivity contribution in [3.63, 3.8) is 0 Å². The third-order valence-electron chi connectivity index (χ3n) is 4.40. The Kier molecular flexibility index (Phi) is 4.20. The number of halogens is 2. The van der Waals surface area contributed by atoms with Crippen LogP contribution in [0.3, 0.4) is 0 Å². The zero-order valence-corrected chi connectivity index (χ0v) is 14.6. The minimum absolute atomic E-state index is 0.274. The fourth-order valence-electron chi connectivity index (χ4n) is 2.87. The maximum absolute atomic E-state index is 13.0. The number of nitrogens with one attached hydrogen (secondary N) is 1. The number of carbonyl (C=O) groups excluding carboxylic acids is 1. The number of methoxy groups -OCH3 is 1. The van der Waals surface area contributed by atoms with E-state index in [0.29, 0.717) is 16.6 Å². The molecule has 3 aromatic rings. The molecule has 1 aliphatic carbocycles. The van der Waals surface area contributed by atoms with Crippen LogP contribution in [0.4, 0.5) is 10.2 Å². The van der Waals surface area contributed by atoms with Crippen LogP contribution in [0.15, 0.2) is 42.9 Å². The highest BCUT2D eigenvalue weighted by atomic mass is 35.5. The number of pyridine rings is 2. The molecule has 2 atom stereocenters. The first-order chi connectivity index (χ1) is 12.6. The summed E-state index contributed by atoms with van der Waals surface area (Å²) in [7, 11) is 1.59. The molecule has 4 rings (SSSR count). The molecule has 1 aromatic carbocycles. The summed E-state index contributed by atoms with van der Waals surface area (Å²) in [6.07, 6.45) is 4.18. The fourth-order valence-corrected chi connectivity index (χ4v) is 3.14. The topological polar surface area (TPSA) is 64.1 Å². The quantitative estimate of drug-likeness (QED) is 0.744.